The van der Waals surface area contributed by atoms with E-state index in [2.05, 4.69) is 0 Å². The molecule has 36 heavy (non-hydrogen) atoms. The number of halogens is 2. The van der Waals surface area contributed by atoms with Crippen molar-refractivity contribution in [2.45, 2.75) is 13.5 Å². The van der Waals surface area contributed by atoms with Gasteiger partial charge in [0.2, 0.25) is 0 Å². The average Bonchev–Trinajstić information content (AvgIpc) is 3.13. The number of nitro groups is 1. The summed E-state index contributed by atoms with van der Waals surface area (Å²) < 4.78 is 12.0. The van der Waals surface area contributed by atoms with Crippen LogP contribution in [0.5, 0.6) is 11.5 Å². The third-order valence-electron chi connectivity index (χ3n) is 5.09. The van der Waals surface area contributed by atoms with Gasteiger partial charge in [0.15, 0.2) is 15.8 Å². The van der Waals surface area contributed by atoms with Gasteiger partial charge in [-0.2, -0.15) is 0 Å². The Morgan fingerprint density at radius 1 is 1.06 bits per heavy atom. The number of nitro benzene ring substituents is 1. The zero-order chi connectivity index (χ0) is 25.8. The highest BCUT2D eigenvalue weighted by Gasteiger charge is 2.33. The Hall–Kier alpha value is -3.11. The van der Waals surface area contributed by atoms with Crippen LogP contribution in [-0.2, 0) is 11.4 Å². The van der Waals surface area contributed by atoms with Crippen molar-refractivity contribution in [3.63, 3.8) is 0 Å². The number of anilines is 1. The Balaban J connectivity index is 1.57. The molecule has 1 heterocycles. The van der Waals surface area contributed by atoms with Gasteiger partial charge in [-0.05, 0) is 55.0 Å². The number of benzene rings is 3. The van der Waals surface area contributed by atoms with Crippen molar-refractivity contribution >= 4 is 74.9 Å². The number of para-hydroxylation sites is 1. The molecule has 0 N–H and O–H groups in total. The second-order valence-corrected chi connectivity index (χ2v) is 9.92. The molecule has 7 nitrogen and oxygen atoms in total. The third-order valence-corrected chi connectivity index (χ3v) is 7.13. The highest BCUT2D eigenvalue weighted by atomic mass is 35.5. The highest BCUT2D eigenvalue weighted by Crippen LogP contribution is 2.39. The second kappa shape index (κ2) is 11.3. The fraction of sp³-hybridized carbons (Fsp3) is 0.120. The topological polar surface area (TPSA) is 81.9 Å². The van der Waals surface area contributed by atoms with E-state index in [0.717, 1.165) is 0 Å². The second-order valence-electron chi connectivity index (χ2n) is 7.43. The lowest BCUT2D eigenvalue weighted by atomic mass is 10.1. The van der Waals surface area contributed by atoms with Crippen LogP contribution in [0.25, 0.3) is 6.08 Å². The number of thiocarbonyl (C=S) groups is 1. The van der Waals surface area contributed by atoms with Crippen LogP contribution in [-0.4, -0.2) is 21.8 Å². The largest absolute Gasteiger partial charge is 0.490 e. The minimum absolute atomic E-state index is 0.00111. The first-order valence-electron chi connectivity index (χ1n) is 10.6. The fourth-order valence-electron chi connectivity index (χ4n) is 3.43. The van der Waals surface area contributed by atoms with Crippen LogP contribution in [0.4, 0.5) is 11.4 Å². The van der Waals surface area contributed by atoms with Crippen molar-refractivity contribution in [3.8, 4) is 11.5 Å². The van der Waals surface area contributed by atoms with E-state index >= 15 is 0 Å². The maximum Gasteiger partial charge on any atom is 0.276 e. The molecule has 0 aromatic heterocycles. The van der Waals surface area contributed by atoms with Crippen molar-refractivity contribution in [3.05, 3.63) is 96.9 Å². The van der Waals surface area contributed by atoms with Crippen LogP contribution >= 0.6 is 47.2 Å². The molecule has 0 aliphatic carbocycles. The number of carbonyl (C=O) groups excluding carboxylic acids is 1. The lowest BCUT2D eigenvalue weighted by molar-refractivity contribution is -0.385. The van der Waals surface area contributed by atoms with Crippen LogP contribution in [0.2, 0.25) is 10.0 Å². The normalized spacial score (nSPS) is 14.4. The SMILES string of the molecule is CCOc1cc(/C=C2\SC(=S)N(c3ccc(Cl)c(Cl)c3)C2=O)ccc1OCc1ccccc1[N+](=O)[O-]. The molecule has 184 valence electrons. The molecule has 1 aliphatic rings. The lowest BCUT2D eigenvalue weighted by Gasteiger charge is -2.15. The zero-order valence-corrected chi connectivity index (χ0v) is 21.9. The van der Waals surface area contributed by atoms with E-state index in [0.29, 0.717) is 54.2 Å². The summed E-state index contributed by atoms with van der Waals surface area (Å²) in [5.74, 6) is 0.596. The number of ether oxygens (including phenoxy) is 2. The van der Waals surface area contributed by atoms with E-state index in [1.165, 1.54) is 22.7 Å². The molecule has 1 saturated heterocycles. The predicted octanol–water partition coefficient (Wildman–Crippen LogP) is 7.29. The predicted molar refractivity (Wildman–Crippen MR) is 147 cm³/mol. The number of hydrogen-bond acceptors (Lipinski definition) is 7. The van der Waals surface area contributed by atoms with Crippen LogP contribution in [0.1, 0.15) is 18.1 Å². The number of rotatable bonds is 8. The van der Waals surface area contributed by atoms with Crippen molar-refractivity contribution in [2.24, 2.45) is 0 Å². The maximum atomic E-state index is 13.1. The smallest absolute Gasteiger partial charge is 0.276 e. The maximum absolute atomic E-state index is 13.1. The summed E-state index contributed by atoms with van der Waals surface area (Å²) in [6.07, 6.45) is 1.71. The van der Waals surface area contributed by atoms with E-state index in [-0.39, 0.29) is 18.2 Å². The first kappa shape index (κ1) is 26.0. The molecule has 1 aliphatic heterocycles. The monoisotopic (exact) mass is 560 g/mol. The summed E-state index contributed by atoms with van der Waals surface area (Å²) in [6, 6.07) is 16.5. The average molecular weight is 561 g/mol. The molecule has 1 amide bonds. The number of nitrogens with zero attached hydrogens (tertiary/aromatic N) is 2. The van der Waals surface area contributed by atoms with Gasteiger partial charge in [0.25, 0.3) is 11.6 Å². The third kappa shape index (κ3) is 5.65. The number of hydrogen-bond donors (Lipinski definition) is 0. The standard InChI is InChI=1S/C25H18Cl2N2O5S2/c1-2-33-22-11-15(7-10-21(22)34-14-16-5-3-4-6-20(16)29(31)32)12-23-24(30)28(25(35)36-23)17-8-9-18(26)19(27)13-17/h3-13H,2,14H2,1H3/b23-12-. The Morgan fingerprint density at radius 3 is 2.56 bits per heavy atom. The van der Waals surface area contributed by atoms with Gasteiger partial charge in [0, 0.05) is 6.07 Å². The Labute approximate surface area is 226 Å². The molecule has 0 bridgehead atoms. The number of carbonyl (C=O) groups is 1. The molecule has 3 aromatic carbocycles. The summed E-state index contributed by atoms with van der Waals surface area (Å²) in [5.41, 5.74) is 1.66. The number of amides is 1. The lowest BCUT2D eigenvalue weighted by Crippen LogP contribution is -2.27. The first-order valence-corrected chi connectivity index (χ1v) is 12.6. The molecule has 11 heteroatoms. The molecule has 1 fully saturated rings. The van der Waals surface area contributed by atoms with Gasteiger partial charge in [-0.15, -0.1) is 0 Å². The van der Waals surface area contributed by atoms with E-state index in [4.69, 9.17) is 44.9 Å². The minimum atomic E-state index is -0.445. The van der Waals surface area contributed by atoms with Crippen LogP contribution in [0, 0.1) is 10.1 Å². The fourth-order valence-corrected chi connectivity index (χ4v) is 5.03. The molecular weight excluding hydrogens is 543 g/mol. The van der Waals surface area contributed by atoms with Gasteiger partial charge in [-0.25, -0.2) is 0 Å². The van der Waals surface area contributed by atoms with Gasteiger partial charge in [-0.3, -0.25) is 19.8 Å². The molecule has 0 radical (unpaired) electrons. The Kier molecular flexibility index (Phi) is 8.15. The summed E-state index contributed by atoms with van der Waals surface area (Å²) in [4.78, 5) is 25.8. The first-order chi connectivity index (χ1) is 17.3. The van der Waals surface area contributed by atoms with Crippen LogP contribution in [0.3, 0.4) is 0 Å². The van der Waals surface area contributed by atoms with E-state index in [1.54, 1.807) is 60.7 Å². The Bertz CT molecular complexity index is 1400. The number of thioether (sulfide) groups is 1. The molecule has 0 atom stereocenters. The van der Waals surface area contributed by atoms with Gasteiger partial charge in [0.1, 0.15) is 6.61 Å². The van der Waals surface area contributed by atoms with Gasteiger partial charge in [0.05, 0.1) is 37.7 Å². The van der Waals surface area contributed by atoms with Crippen molar-refractivity contribution in [1.82, 2.24) is 0 Å². The highest BCUT2D eigenvalue weighted by molar-refractivity contribution is 8.27. The quantitative estimate of drug-likeness (QED) is 0.124. The molecule has 4 rings (SSSR count). The van der Waals surface area contributed by atoms with Gasteiger partial charge < -0.3 is 9.47 Å². The van der Waals surface area contributed by atoms with Crippen molar-refractivity contribution < 1.29 is 19.2 Å². The van der Waals surface area contributed by atoms with E-state index in [1.807, 2.05) is 6.92 Å². The molecular formula is C25H18Cl2N2O5S2. The Morgan fingerprint density at radius 2 is 1.83 bits per heavy atom. The minimum Gasteiger partial charge on any atom is -0.490 e. The summed E-state index contributed by atoms with van der Waals surface area (Å²) in [6.45, 7) is 2.21. The zero-order valence-electron chi connectivity index (χ0n) is 18.8. The van der Waals surface area contributed by atoms with Crippen LogP contribution in [0.15, 0.2) is 65.6 Å². The van der Waals surface area contributed by atoms with Gasteiger partial charge >= 0.3 is 0 Å². The van der Waals surface area contributed by atoms with Crippen LogP contribution < -0.4 is 14.4 Å². The van der Waals surface area contributed by atoms with Crippen molar-refractivity contribution in [2.75, 3.05) is 11.5 Å². The van der Waals surface area contributed by atoms with E-state index in [9.17, 15) is 14.9 Å². The molecule has 0 unspecified atom stereocenters. The molecule has 0 spiro atoms. The van der Waals surface area contributed by atoms with Gasteiger partial charge in [-0.1, -0.05) is 65.4 Å². The van der Waals surface area contributed by atoms with E-state index < -0.39 is 4.92 Å². The van der Waals surface area contributed by atoms with Crippen molar-refractivity contribution in [1.29, 1.82) is 0 Å². The summed E-state index contributed by atoms with van der Waals surface area (Å²) >= 11 is 18.7. The summed E-state index contributed by atoms with van der Waals surface area (Å²) in [5, 5.41) is 12.0. The summed E-state index contributed by atoms with van der Waals surface area (Å²) in [7, 11) is 0. The molecule has 0 saturated carbocycles. The molecule has 3 aromatic rings.